The minimum absolute atomic E-state index is 0.0489. The van der Waals surface area contributed by atoms with Crippen LogP contribution in [0.2, 0.25) is 0 Å². The molecule has 2 heterocycles. The average molecular weight is 321 g/mol. The van der Waals surface area contributed by atoms with Gasteiger partial charge in [-0.2, -0.15) is 0 Å². The number of nitrogens with zero attached hydrogens (tertiary/aromatic N) is 4. The van der Waals surface area contributed by atoms with Gasteiger partial charge < -0.3 is 14.8 Å². The van der Waals surface area contributed by atoms with Gasteiger partial charge in [-0.1, -0.05) is 0 Å². The SMILES string of the molecule is CN(C)c1ccc(Nc2nccc(-c3ccc(=O)n(C)c3)n2)cc1. The molecule has 0 aliphatic rings. The van der Waals surface area contributed by atoms with Crippen molar-refractivity contribution >= 4 is 17.3 Å². The van der Waals surface area contributed by atoms with Gasteiger partial charge in [-0.05, 0) is 36.4 Å². The van der Waals surface area contributed by atoms with E-state index >= 15 is 0 Å². The summed E-state index contributed by atoms with van der Waals surface area (Å²) in [6.45, 7) is 0. The minimum Gasteiger partial charge on any atom is -0.378 e. The summed E-state index contributed by atoms with van der Waals surface area (Å²) < 4.78 is 1.53. The van der Waals surface area contributed by atoms with Crippen LogP contribution < -0.4 is 15.8 Å². The van der Waals surface area contributed by atoms with Gasteiger partial charge >= 0.3 is 0 Å². The van der Waals surface area contributed by atoms with Crippen molar-refractivity contribution in [1.29, 1.82) is 0 Å². The molecule has 0 saturated heterocycles. The summed E-state index contributed by atoms with van der Waals surface area (Å²) in [4.78, 5) is 22.3. The molecule has 6 heteroatoms. The third-order valence-electron chi connectivity index (χ3n) is 3.68. The Morgan fingerprint density at radius 2 is 1.79 bits per heavy atom. The molecule has 0 aliphatic carbocycles. The molecule has 0 radical (unpaired) electrons. The van der Waals surface area contributed by atoms with Gasteiger partial charge in [0.2, 0.25) is 11.5 Å². The van der Waals surface area contributed by atoms with E-state index < -0.39 is 0 Å². The molecule has 24 heavy (non-hydrogen) atoms. The van der Waals surface area contributed by atoms with Crippen molar-refractivity contribution in [2.75, 3.05) is 24.3 Å². The Morgan fingerprint density at radius 1 is 1.04 bits per heavy atom. The Bertz CT molecular complexity index is 900. The highest BCUT2D eigenvalue weighted by Gasteiger charge is 2.04. The van der Waals surface area contributed by atoms with Crippen molar-refractivity contribution in [1.82, 2.24) is 14.5 Å². The number of hydrogen-bond donors (Lipinski definition) is 1. The van der Waals surface area contributed by atoms with Gasteiger partial charge in [0.1, 0.15) is 0 Å². The molecule has 0 aliphatic heterocycles. The largest absolute Gasteiger partial charge is 0.378 e. The summed E-state index contributed by atoms with van der Waals surface area (Å²) in [5.74, 6) is 0.513. The van der Waals surface area contributed by atoms with Crippen LogP contribution in [0.15, 0.2) is 59.7 Å². The van der Waals surface area contributed by atoms with Crippen LogP contribution in [0.1, 0.15) is 0 Å². The van der Waals surface area contributed by atoms with E-state index in [1.54, 1.807) is 25.5 Å². The first-order valence-electron chi connectivity index (χ1n) is 7.57. The van der Waals surface area contributed by atoms with E-state index in [1.807, 2.05) is 49.3 Å². The number of pyridine rings is 1. The van der Waals surface area contributed by atoms with E-state index in [0.29, 0.717) is 5.95 Å². The number of rotatable bonds is 4. The predicted octanol–water partition coefficient (Wildman–Crippen LogP) is 2.65. The van der Waals surface area contributed by atoms with E-state index in [0.717, 1.165) is 22.6 Å². The van der Waals surface area contributed by atoms with Crippen LogP contribution in [0.4, 0.5) is 17.3 Å². The molecule has 1 N–H and O–H groups in total. The Balaban J connectivity index is 1.85. The topological polar surface area (TPSA) is 63.1 Å². The van der Waals surface area contributed by atoms with Gasteiger partial charge in [-0.15, -0.1) is 0 Å². The van der Waals surface area contributed by atoms with Crippen LogP contribution >= 0.6 is 0 Å². The van der Waals surface area contributed by atoms with Crippen LogP contribution in [0.3, 0.4) is 0 Å². The van der Waals surface area contributed by atoms with Crippen LogP contribution in [0.25, 0.3) is 11.3 Å². The van der Waals surface area contributed by atoms with E-state index in [4.69, 9.17) is 0 Å². The zero-order chi connectivity index (χ0) is 17.1. The minimum atomic E-state index is -0.0489. The smallest absolute Gasteiger partial charge is 0.250 e. The second-order valence-corrected chi connectivity index (χ2v) is 5.70. The predicted molar refractivity (Wildman–Crippen MR) is 96.8 cm³/mol. The molecule has 0 fully saturated rings. The van der Waals surface area contributed by atoms with Crippen molar-refractivity contribution in [2.45, 2.75) is 0 Å². The van der Waals surface area contributed by atoms with Gasteiger partial charge in [0.15, 0.2) is 0 Å². The van der Waals surface area contributed by atoms with Gasteiger partial charge in [-0.3, -0.25) is 4.79 Å². The van der Waals surface area contributed by atoms with Gasteiger partial charge in [0.25, 0.3) is 0 Å². The molecule has 3 aromatic rings. The summed E-state index contributed by atoms with van der Waals surface area (Å²) in [6.07, 6.45) is 3.46. The standard InChI is InChI=1S/C18H19N5O/c1-22(2)15-7-5-14(6-8-15)20-18-19-11-10-16(21-18)13-4-9-17(24)23(3)12-13/h4-12H,1-3H3,(H,19,20,21). The molecule has 0 atom stereocenters. The van der Waals surface area contributed by atoms with E-state index in [9.17, 15) is 4.79 Å². The monoisotopic (exact) mass is 321 g/mol. The van der Waals surface area contributed by atoms with Crippen LogP contribution in [-0.2, 0) is 7.05 Å². The van der Waals surface area contributed by atoms with Gasteiger partial charge in [0, 0.05) is 56.5 Å². The molecule has 0 bridgehead atoms. The van der Waals surface area contributed by atoms with Crippen molar-refractivity contribution in [2.24, 2.45) is 7.05 Å². The summed E-state index contributed by atoms with van der Waals surface area (Å²) in [5, 5.41) is 3.20. The lowest BCUT2D eigenvalue weighted by Crippen LogP contribution is -2.14. The molecule has 0 saturated carbocycles. The summed E-state index contributed by atoms with van der Waals surface area (Å²) in [5.41, 5.74) is 3.62. The van der Waals surface area contributed by atoms with Crippen LogP contribution in [-0.4, -0.2) is 28.6 Å². The third kappa shape index (κ3) is 3.43. The fourth-order valence-electron chi connectivity index (χ4n) is 2.30. The molecule has 0 spiro atoms. The molecule has 2 aromatic heterocycles. The molecule has 122 valence electrons. The summed E-state index contributed by atoms with van der Waals surface area (Å²) >= 11 is 0. The third-order valence-corrected chi connectivity index (χ3v) is 3.68. The van der Waals surface area contributed by atoms with E-state index in [2.05, 4.69) is 15.3 Å². The molecule has 0 unspecified atom stereocenters. The second-order valence-electron chi connectivity index (χ2n) is 5.70. The Kier molecular flexibility index (Phi) is 4.29. The summed E-state index contributed by atoms with van der Waals surface area (Å²) in [7, 11) is 5.73. The Hall–Kier alpha value is -3.15. The van der Waals surface area contributed by atoms with Gasteiger partial charge in [-0.25, -0.2) is 9.97 Å². The quantitative estimate of drug-likeness (QED) is 0.800. The number of anilines is 3. The van der Waals surface area contributed by atoms with E-state index in [-0.39, 0.29) is 5.56 Å². The lowest BCUT2D eigenvalue weighted by molar-refractivity contribution is 0.861. The maximum absolute atomic E-state index is 11.5. The first-order chi connectivity index (χ1) is 11.5. The number of nitrogens with one attached hydrogen (secondary N) is 1. The van der Waals surface area contributed by atoms with Crippen molar-refractivity contribution in [3.05, 3.63) is 65.2 Å². The number of aryl methyl sites for hydroxylation is 1. The lowest BCUT2D eigenvalue weighted by Gasteiger charge is -2.13. The normalized spacial score (nSPS) is 10.5. The van der Waals surface area contributed by atoms with Crippen LogP contribution in [0, 0.1) is 0 Å². The fraction of sp³-hybridized carbons (Fsp3) is 0.167. The molecular formula is C18H19N5O. The van der Waals surface area contributed by atoms with Crippen molar-refractivity contribution in [3.8, 4) is 11.3 Å². The highest BCUT2D eigenvalue weighted by atomic mass is 16.1. The average Bonchev–Trinajstić information content (AvgIpc) is 2.58. The number of aromatic nitrogens is 3. The van der Waals surface area contributed by atoms with Crippen molar-refractivity contribution < 1.29 is 0 Å². The van der Waals surface area contributed by atoms with E-state index in [1.165, 1.54) is 10.6 Å². The fourth-order valence-corrected chi connectivity index (χ4v) is 2.30. The second kappa shape index (κ2) is 6.54. The molecular weight excluding hydrogens is 302 g/mol. The maximum Gasteiger partial charge on any atom is 0.250 e. The zero-order valence-corrected chi connectivity index (χ0v) is 13.9. The zero-order valence-electron chi connectivity index (χ0n) is 13.9. The molecule has 1 aromatic carbocycles. The Labute approximate surface area is 140 Å². The van der Waals surface area contributed by atoms with Crippen molar-refractivity contribution in [3.63, 3.8) is 0 Å². The molecule has 6 nitrogen and oxygen atoms in total. The Morgan fingerprint density at radius 3 is 2.46 bits per heavy atom. The summed E-state index contributed by atoms with van der Waals surface area (Å²) in [6, 6.07) is 13.1. The molecule has 3 rings (SSSR count). The number of hydrogen-bond acceptors (Lipinski definition) is 5. The highest BCUT2D eigenvalue weighted by molar-refractivity contribution is 5.62. The van der Waals surface area contributed by atoms with Crippen LogP contribution in [0.5, 0.6) is 0 Å². The maximum atomic E-state index is 11.5. The first kappa shape index (κ1) is 15.7. The number of benzene rings is 1. The lowest BCUT2D eigenvalue weighted by atomic mass is 10.2. The first-order valence-corrected chi connectivity index (χ1v) is 7.57. The molecule has 0 amide bonds. The van der Waals surface area contributed by atoms with Gasteiger partial charge in [0.05, 0.1) is 5.69 Å². The highest BCUT2D eigenvalue weighted by Crippen LogP contribution is 2.20.